The molecular formula is C21H24F2N4O5. The lowest BCUT2D eigenvalue weighted by Gasteiger charge is -2.33. The van der Waals surface area contributed by atoms with Crippen molar-refractivity contribution in [2.45, 2.75) is 45.3 Å². The Morgan fingerprint density at radius 3 is 2.44 bits per heavy atom. The van der Waals surface area contributed by atoms with Crippen LogP contribution >= 0.6 is 0 Å². The quantitative estimate of drug-likeness (QED) is 0.516. The minimum atomic E-state index is -0.958. The number of halogens is 2. The van der Waals surface area contributed by atoms with Crippen molar-refractivity contribution < 1.29 is 28.0 Å². The van der Waals surface area contributed by atoms with Crippen molar-refractivity contribution in [3.63, 3.8) is 0 Å². The molecule has 172 valence electrons. The first-order valence-corrected chi connectivity index (χ1v) is 10.0. The molecule has 1 fully saturated rings. The molecule has 0 spiro atoms. The van der Waals surface area contributed by atoms with Gasteiger partial charge in [-0.25, -0.2) is 18.6 Å². The molecule has 1 aliphatic heterocycles. The normalized spacial score (nSPS) is 14.7. The zero-order valence-corrected chi connectivity index (χ0v) is 17.9. The molecule has 0 unspecified atom stereocenters. The number of piperidine rings is 1. The van der Waals surface area contributed by atoms with Gasteiger partial charge in [0.15, 0.2) is 17.4 Å². The zero-order chi connectivity index (χ0) is 23.5. The van der Waals surface area contributed by atoms with Crippen LogP contribution < -0.4 is 10.1 Å². The average molecular weight is 450 g/mol. The van der Waals surface area contributed by atoms with Crippen LogP contribution in [0.3, 0.4) is 0 Å². The molecule has 3 rings (SSSR count). The molecule has 1 aromatic heterocycles. The van der Waals surface area contributed by atoms with Crippen molar-refractivity contribution in [2.75, 3.05) is 18.4 Å². The van der Waals surface area contributed by atoms with Crippen LogP contribution in [0.2, 0.25) is 0 Å². The summed E-state index contributed by atoms with van der Waals surface area (Å²) in [5.74, 6) is -2.59. The maximum absolute atomic E-state index is 14.6. The maximum atomic E-state index is 14.6. The summed E-state index contributed by atoms with van der Waals surface area (Å²) in [4.78, 5) is 27.9. The van der Waals surface area contributed by atoms with E-state index in [1.54, 1.807) is 20.8 Å². The van der Waals surface area contributed by atoms with Crippen LogP contribution in [-0.4, -0.2) is 45.7 Å². The fourth-order valence-electron chi connectivity index (χ4n) is 3.17. The standard InChI is InChI=1S/C21H24F2N4O5/c1-21(2,3)32-20(28)26-9-6-14(7-10-26)31-18-15(22)11-13(12-16(18)23)25-19-17(27(29)30)5-4-8-24-19/h4-5,8,11-12,14H,6-7,9-10H2,1-3H3,(H,24,25). The number of rotatable bonds is 5. The average Bonchev–Trinajstić information content (AvgIpc) is 2.70. The smallest absolute Gasteiger partial charge is 0.410 e. The van der Waals surface area contributed by atoms with E-state index in [4.69, 9.17) is 9.47 Å². The zero-order valence-electron chi connectivity index (χ0n) is 17.9. The van der Waals surface area contributed by atoms with E-state index in [-0.39, 0.29) is 17.2 Å². The van der Waals surface area contributed by atoms with Crippen LogP contribution in [0.15, 0.2) is 30.5 Å². The number of pyridine rings is 1. The van der Waals surface area contributed by atoms with E-state index in [0.717, 1.165) is 12.1 Å². The van der Waals surface area contributed by atoms with Gasteiger partial charge in [-0.2, -0.15) is 0 Å². The lowest BCUT2D eigenvalue weighted by atomic mass is 10.1. The van der Waals surface area contributed by atoms with Gasteiger partial charge in [0.2, 0.25) is 5.82 Å². The minimum absolute atomic E-state index is 0.0473. The number of hydrogen-bond acceptors (Lipinski definition) is 7. The summed E-state index contributed by atoms with van der Waals surface area (Å²) < 4.78 is 40.0. The molecule has 0 aliphatic carbocycles. The molecule has 1 amide bonds. The van der Waals surface area contributed by atoms with Crippen molar-refractivity contribution in [2.24, 2.45) is 0 Å². The van der Waals surface area contributed by atoms with Gasteiger partial charge in [-0.1, -0.05) is 0 Å². The summed E-state index contributed by atoms with van der Waals surface area (Å²) in [7, 11) is 0. The van der Waals surface area contributed by atoms with Crippen LogP contribution in [0.4, 0.5) is 30.8 Å². The lowest BCUT2D eigenvalue weighted by Crippen LogP contribution is -2.44. The highest BCUT2D eigenvalue weighted by Gasteiger charge is 2.29. The summed E-state index contributed by atoms with van der Waals surface area (Å²) >= 11 is 0. The molecule has 1 aliphatic rings. The van der Waals surface area contributed by atoms with Crippen molar-refractivity contribution in [3.05, 3.63) is 52.2 Å². The summed E-state index contributed by atoms with van der Waals surface area (Å²) in [5, 5.41) is 13.6. The number of nitrogens with one attached hydrogen (secondary N) is 1. The second kappa shape index (κ2) is 9.33. The minimum Gasteiger partial charge on any atom is -0.484 e. The third-order valence-corrected chi connectivity index (χ3v) is 4.62. The highest BCUT2D eigenvalue weighted by Crippen LogP contribution is 2.31. The molecule has 9 nitrogen and oxygen atoms in total. The maximum Gasteiger partial charge on any atom is 0.410 e. The highest BCUT2D eigenvalue weighted by molar-refractivity contribution is 5.68. The first-order chi connectivity index (χ1) is 15.0. The van der Waals surface area contributed by atoms with Crippen LogP contribution in [0.25, 0.3) is 0 Å². The molecule has 0 atom stereocenters. The summed E-state index contributed by atoms with van der Waals surface area (Å²) in [6.07, 6.45) is 1.18. The second-order valence-electron chi connectivity index (χ2n) is 8.31. The first-order valence-electron chi connectivity index (χ1n) is 10.0. The third kappa shape index (κ3) is 5.80. The Hall–Kier alpha value is -3.50. The lowest BCUT2D eigenvalue weighted by molar-refractivity contribution is -0.384. The summed E-state index contributed by atoms with van der Waals surface area (Å²) in [6, 6.07) is 4.57. The van der Waals surface area contributed by atoms with E-state index in [1.165, 1.54) is 23.2 Å². The number of likely N-dealkylation sites (tertiary alicyclic amines) is 1. The second-order valence-corrected chi connectivity index (χ2v) is 8.31. The number of benzene rings is 1. The van der Waals surface area contributed by atoms with Crippen molar-refractivity contribution >= 4 is 23.3 Å². The van der Waals surface area contributed by atoms with Crippen LogP contribution in [0, 0.1) is 21.7 Å². The van der Waals surface area contributed by atoms with Gasteiger partial charge < -0.3 is 19.7 Å². The molecule has 32 heavy (non-hydrogen) atoms. The van der Waals surface area contributed by atoms with Crippen molar-refractivity contribution in [3.8, 4) is 5.75 Å². The monoisotopic (exact) mass is 450 g/mol. The Morgan fingerprint density at radius 1 is 1.25 bits per heavy atom. The Morgan fingerprint density at radius 2 is 1.88 bits per heavy atom. The van der Waals surface area contributed by atoms with Gasteiger partial charge >= 0.3 is 11.8 Å². The predicted octanol–water partition coefficient (Wildman–Crippen LogP) is 4.79. The number of anilines is 2. The van der Waals surface area contributed by atoms with Crippen LogP contribution in [-0.2, 0) is 4.74 Å². The Bertz CT molecular complexity index is 981. The third-order valence-electron chi connectivity index (χ3n) is 4.62. The number of carbonyl (C=O) groups is 1. The topological polar surface area (TPSA) is 107 Å². The van der Waals surface area contributed by atoms with E-state index in [2.05, 4.69) is 10.3 Å². The summed E-state index contributed by atoms with van der Waals surface area (Å²) in [6.45, 7) is 6.00. The van der Waals surface area contributed by atoms with Gasteiger partial charge in [-0.15, -0.1) is 0 Å². The molecule has 0 radical (unpaired) electrons. The van der Waals surface area contributed by atoms with E-state index in [9.17, 15) is 23.7 Å². The van der Waals surface area contributed by atoms with Gasteiger partial charge in [-0.3, -0.25) is 10.1 Å². The van der Waals surface area contributed by atoms with E-state index < -0.39 is 40.1 Å². The van der Waals surface area contributed by atoms with Crippen molar-refractivity contribution in [1.29, 1.82) is 0 Å². The number of nitrogens with zero attached hydrogens (tertiary/aromatic N) is 3. The molecule has 1 N–H and O–H groups in total. The SMILES string of the molecule is CC(C)(C)OC(=O)N1CCC(Oc2c(F)cc(Nc3ncccc3[N+](=O)[O-])cc2F)CC1. The van der Waals surface area contributed by atoms with Gasteiger partial charge in [0.1, 0.15) is 11.7 Å². The predicted molar refractivity (Wildman–Crippen MR) is 112 cm³/mol. The first kappa shape index (κ1) is 23.2. The highest BCUT2D eigenvalue weighted by atomic mass is 19.1. The number of aromatic nitrogens is 1. The van der Waals surface area contributed by atoms with E-state index in [0.29, 0.717) is 25.9 Å². The Balaban J connectivity index is 1.64. The molecule has 2 aromatic rings. The van der Waals surface area contributed by atoms with E-state index >= 15 is 0 Å². The summed E-state index contributed by atoms with van der Waals surface area (Å²) in [5.41, 5.74) is -0.985. The Labute approximate surface area is 183 Å². The fraction of sp³-hybridized carbons (Fsp3) is 0.429. The largest absolute Gasteiger partial charge is 0.484 e. The molecule has 0 bridgehead atoms. The number of carbonyl (C=O) groups excluding carboxylic acids is 1. The molecule has 0 saturated carbocycles. The van der Waals surface area contributed by atoms with Crippen molar-refractivity contribution in [1.82, 2.24) is 9.88 Å². The number of hydrogen-bond donors (Lipinski definition) is 1. The number of nitro groups is 1. The Kier molecular flexibility index (Phi) is 6.75. The van der Waals surface area contributed by atoms with Gasteiger partial charge in [0.05, 0.1) is 4.92 Å². The number of ether oxygens (including phenoxy) is 2. The van der Waals surface area contributed by atoms with Gasteiger partial charge in [0.25, 0.3) is 0 Å². The molecule has 1 aromatic carbocycles. The van der Waals surface area contributed by atoms with E-state index in [1.807, 2.05) is 0 Å². The van der Waals surface area contributed by atoms with Crippen LogP contribution in [0.5, 0.6) is 5.75 Å². The molecular weight excluding hydrogens is 426 g/mol. The van der Waals surface area contributed by atoms with Gasteiger partial charge in [-0.05, 0) is 26.8 Å². The molecule has 2 heterocycles. The van der Waals surface area contributed by atoms with Gasteiger partial charge in [0, 0.05) is 56.0 Å². The fourth-order valence-corrected chi connectivity index (χ4v) is 3.17. The number of amides is 1. The molecule has 11 heteroatoms. The van der Waals surface area contributed by atoms with Crippen LogP contribution in [0.1, 0.15) is 33.6 Å². The molecule has 1 saturated heterocycles.